The van der Waals surface area contributed by atoms with Crippen molar-refractivity contribution in [3.8, 4) is 5.75 Å². The van der Waals surface area contributed by atoms with E-state index in [2.05, 4.69) is 5.32 Å². The van der Waals surface area contributed by atoms with E-state index < -0.39 is 23.7 Å². The Morgan fingerprint density at radius 1 is 1.22 bits per heavy atom. The van der Waals surface area contributed by atoms with Crippen molar-refractivity contribution in [3.05, 3.63) is 64.9 Å². The third kappa shape index (κ3) is 4.69. The molecule has 3 N–H and O–H groups in total. The first kappa shape index (κ1) is 16.8. The summed E-state index contributed by atoms with van der Waals surface area (Å²) in [7, 11) is 0. The van der Waals surface area contributed by atoms with Gasteiger partial charge < -0.3 is 15.8 Å². The minimum absolute atomic E-state index is 0.109. The largest absolute Gasteiger partial charge is 0.484 e. The highest BCUT2D eigenvalue weighted by molar-refractivity contribution is 6.30. The summed E-state index contributed by atoms with van der Waals surface area (Å²) in [6.07, 6.45) is 0. The highest BCUT2D eigenvalue weighted by atomic mass is 35.5. The second-order valence-corrected chi connectivity index (χ2v) is 5.09. The highest BCUT2D eigenvalue weighted by Gasteiger charge is 2.20. The Bertz CT molecular complexity index is 710. The van der Waals surface area contributed by atoms with Gasteiger partial charge in [0.1, 0.15) is 17.6 Å². The van der Waals surface area contributed by atoms with E-state index in [0.29, 0.717) is 5.56 Å². The molecule has 0 aliphatic rings. The number of benzene rings is 2. The summed E-state index contributed by atoms with van der Waals surface area (Å²) in [6, 6.07) is 11.4. The van der Waals surface area contributed by atoms with Crippen LogP contribution < -0.4 is 15.8 Å². The van der Waals surface area contributed by atoms with E-state index >= 15 is 0 Å². The van der Waals surface area contributed by atoms with Gasteiger partial charge in [-0.2, -0.15) is 0 Å². The lowest BCUT2D eigenvalue weighted by atomic mass is 10.1. The first-order valence-electron chi connectivity index (χ1n) is 6.69. The molecular formula is C16H14ClFN2O3. The SMILES string of the molecule is NC(=O)[C@H](NC(=O)COc1ccc(F)c(Cl)c1)c1ccccc1. The average Bonchev–Trinajstić information content (AvgIpc) is 2.54. The fraction of sp³-hybridized carbons (Fsp3) is 0.125. The molecule has 0 radical (unpaired) electrons. The molecule has 0 aliphatic carbocycles. The fourth-order valence-electron chi connectivity index (χ4n) is 1.88. The van der Waals surface area contributed by atoms with Gasteiger partial charge in [-0.25, -0.2) is 4.39 Å². The molecule has 2 amide bonds. The number of halogens is 2. The molecule has 1 atom stereocenters. The minimum atomic E-state index is -0.955. The number of hydrogen-bond acceptors (Lipinski definition) is 3. The van der Waals surface area contributed by atoms with Crippen molar-refractivity contribution in [1.82, 2.24) is 5.32 Å². The van der Waals surface area contributed by atoms with Crippen LogP contribution in [0.1, 0.15) is 11.6 Å². The number of primary amides is 1. The summed E-state index contributed by atoms with van der Waals surface area (Å²) in [5.41, 5.74) is 5.87. The summed E-state index contributed by atoms with van der Waals surface area (Å²) in [6.45, 7) is -0.363. The van der Waals surface area contributed by atoms with Gasteiger partial charge in [0, 0.05) is 6.07 Å². The molecule has 0 bridgehead atoms. The summed E-state index contributed by atoms with van der Waals surface area (Å²) in [5, 5.41) is 2.37. The molecule has 2 aromatic rings. The van der Waals surface area contributed by atoms with Gasteiger partial charge in [-0.3, -0.25) is 9.59 Å². The molecule has 5 nitrogen and oxygen atoms in total. The van der Waals surface area contributed by atoms with Gasteiger partial charge in [-0.1, -0.05) is 41.9 Å². The van der Waals surface area contributed by atoms with Gasteiger partial charge in [0.25, 0.3) is 5.91 Å². The van der Waals surface area contributed by atoms with E-state index in [0.717, 1.165) is 6.07 Å². The van der Waals surface area contributed by atoms with Gasteiger partial charge in [0.05, 0.1) is 5.02 Å². The van der Waals surface area contributed by atoms with Gasteiger partial charge in [-0.15, -0.1) is 0 Å². The monoisotopic (exact) mass is 336 g/mol. The molecule has 0 saturated heterocycles. The number of rotatable bonds is 6. The average molecular weight is 337 g/mol. The smallest absolute Gasteiger partial charge is 0.258 e. The van der Waals surface area contributed by atoms with Crippen molar-refractivity contribution >= 4 is 23.4 Å². The Balaban J connectivity index is 1.97. The number of nitrogens with two attached hydrogens (primary N) is 1. The first-order valence-corrected chi connectivity index (χ1v) is 7.06. The van der Waals surface area contributed by atoms with E-state index in [9.17, 15) is 14.0 Å². The Labute approximate surface area is 137 Å². The summed E-state index contributed by atoms with van der Waals surface area (Å²) < 4.78 is 18.2. The van der Waals surface area contributed by atoms with Crippen molar-refractivity contribution in [1.29, 1.82) is 0 Å². The highest BCUT2D eigenvalue weighted by Crippen LogP contribution is 2.21. The van der Waals surface area contributed by atoms with Gasteiger partial charge >= 0.3 is 0 Å². The Kier molecular flexibility index (Phi) is 5.54. The van der Waals surface area contributed by atoms with Gasteiger partial charge in [-0.05, 0) is 17.7 Å². The molecule has 2 rings (SSSR count). The third-order valence-electron chi connectivity index (χ3n) is 2.98. The third-order valence-corrected chi connectivity index (χ3v) is 3.27. The lowest BCUT2D eigenvalue weighted by Gasteiger charge is -2.16. The topological polar surface area (TPSA) is 81.4 Å². The van der Waals surface area contributed by atoms with E-state index in [1.54, 1.807) is 30.3 Å². The predicted molar refractivity (Wildman–Crippen MR) is 83.4 cm³/mol. The second kappa shape index (κ2) is 7.60. The molecule has 0 aliphatic heterocycles. The molecule has 0 fully saturated rings. The van der Waals surface area contributed by atoms with Gasteiger partial charge in [0.15, 0.2) is 6.61 Å². The van der Waals surface area contributed by atoms with Crippen LogP contribution in [-0.4, -0.2) is 18.4 Å². The normalized spacial score (nSPS) is 11.6. The Morgan fingerprint density at radius 2 is 1.91 bits per heavy atom. The van der Waals surface area contributed by atoms with Crippen LogP contribution in [0, 0.1) is 5.82 Å². The van der Waals surface area contributed by atoms with Crippen LogP contribution in [0.4, 0.5) is 4.39 Å². The lowest BCUT2D eigenvalue weighted by molar-refractivity contribution is -0.128. The standard InChI is InChI=1S/C16H14ClFN2O3/c17-12-8-11(6-7-13(12)18)23-9-14(21)20-15(16(19)22)10-4-2-1-3-5-10/h1-8,15H,9H2,(H2,19,22)(H,20,21)/t15-/m1/s1. The zero-order valence-corrected chi connectivity index (χ0v) is 12.7. The maximum absolute atomic E-state index is 13.0. The lowest BCUT2D eigenvalue weighted by Crippen LogP contribution is -2.39. The van der Waals surface area contributed by atoms with E-state index in [4.69, 9.17) is 22.1 Å². The van der Waals surface area contributed by atoms with Crippen LogP contribution in [0.25, 0.3) is 0 Å². The van der Waals surface area contributed by atoms with E-state index in [1.807, 2.05) is 0 Å². The number of amides is 2. The Hall–Kier alpha value is -2.60. The first-order chi connectivity index (χ1) is 11.0. The quantitative estimate of drug-likeness (QED) is 0.848. The number of ether oxygens (including phenoxy) is 1. The van der Waals surface area contributed by atoms with Crippen LogP contribution in [0.2, 0.25) is 5.02 Å². The summed E-state index contributed by atoms with van der Waals surface area (Å²) in [5.74, 6) is -1.57. The van der Waals surface area contributed by atoms with Crippen LogP contribution in [0.15, 0.2) is 48.5 Å². The van der Waals surface area contributed by atoms with Crippen LogP contribution >= 0.6 is 11.6 Å². The summed E-state index contributed by atoms with van der Waals surface area (Å²) >= 11 is 5.62. The molecule has 120 valence electrons. The minimum Gasteiger partial charge on any atom is -0.484 e. The van der Waals surface area contributed by atoms with Crippen LogP contribution in [0.5, 0.6) is 5.75 Å². The maximum atomic E-state index is 13.0. The van der Waals surface area contributed by atoms with Crippen LogP contribution in [0.3, 0.4) is 0 Å². The van der Waals surface area contributed by atoms with Crippen molar-refractivity contribution < 1.29 is 18.7 Å². The zero-order chi connectivity index (χ0) is 16.8. The molecule has 0 unspecified atom stereocenters. The van der Waals surface area contributed by atoms with Gasteiger partial charge in [0.2, 0.25) is 5.91 Å². The van der Waals surface area contributed by atoms with Crippen molar-refractivity contribution in [3.63, 3.8) is 0 Å². The molecule has 2 aromatic carbocycles. The zero-order valence-electron chi connectivity index (χ0n) is 12.0. The van der Waals surface area contributed by atoms with Crippen molar-refractivity contribution in [2.75, 3.05) is 6.61 Å². The number of hydrogen-bond donors (Lipinski definition) is 2. The number of carbonyl (C=O) groups excluding carboxylic acids is 2. The molecule has 23 heavy (non-hydrogen) atoms. The van der Waals surface area contributed by atoms with Crippen molar-refractivity contribution in [2.24, 2.45) is 5.73 Å². The number of carbonyl (C=O) groups is 2. The molecule has 0 aromatic heterocycles. The molecule has 0 heterocycles. The maximum Gasteiger partial charge on any atom is 0.258 e. The molecule has 7 heteroatoms. The fourth-order valence-corrected chi connectivity index (χ4v) is 2.05. The summed E-state index contributed by atoms with van der Waals surface area (Å²) in [4.78, 5) is 23.4. The van der Waals surface area contributed by atoms with Crippen molar-refractivity contribution in [2.45, 2.75) is 6.04 Å². The number of nitrogens with one attached hydrogen (secondary N) is 1. The molecule has 0 saturated carbocycles. The van der Waals surface area contributed by atoms with Crippen LogP contribution in [-0.2, 0) is 9.59 Å². The second-order valence-electron chi connectivity index (χ2n) is 4.68. The molecular weight excluding hydrogens is 323 g/mol. The van der Waals surface area contributed by atoms with E-state index in [1.165, 1.54) is 12.1 Å². The van der Waals surface area contributed by atoms with E-state index in [-0.39, 0.29) is 17.4 Å². The molecule has 0 spiro atoms. The Morgan fingerprint density at radius 3 is 2.52 bits per heavy atom. The predicted octanol–water partition coefficient (Wildman–Crippen LogP) is 2.20.